The van der Waals surface area contributed by atoms with E-state index in [-0.39, 0.29) is 0 Å². The normalized spacial score (nSPS) is 10.5. The summed E-state index contributed by atoms with van der Waals surface area (Å²) in [7, 11) is 1.62. The molecule has 2 N–H and O–H groups in total. The summed E-state index contributed by atoms with van der Waals surface area (Å²) in [6.07, 6.45) is 0. The van der Waals surface area contributed by atoms with Gasteiger partial charge in [0.05, 0.1) is 12.1 Å². The Bertz CT molecular complexity index is 650. The molecule has 0 aliphatic rings. The van der Waals surface area contributed by atoms with E-state index in [2.05, 4.69) is 15.9 Å². The van der Waals surface area contributed by atoms with Crippen molar-refractivity contribution in [3.63, 3.8) is 0 Å². The second-order valence-corrected chi connectivity index (χ2v) is 6.08. The molecule has 0 saturated carbocycles. The average molecular weight is 391 g/mol. The lowest BCUT2D eigenvalue weighted by Gasteiger charge is -2.14. The van der Waals surface area contributed by atoms with Crippen LogP contribution in [0.2, 0.25) is 10.0 Å². The van der Waals surface area contributed by atoms with Crippen molar-refractivity contribution in [3.8, 4) is 11.5 Å². The topological polar surface area (TPSA) is 44.5 Å². The molecular formula is C15H14BrCl2NO2. The van der Waals surface area contributed by atoms with Crippen LogP contribution in [-0.2, 0) is 13.2 Å². The highest BCUT2D eigenvalue weighted by Crippen LogP contribution is 2.33. The number of hydrogen-bond donors (Lipinski definition) is 1. The molecule has 21 heavy (non-hydrogen) atoms. The minimum absolute atomic E-state index is 0.297. The Balaban J connectivity index is 2.26. The van der Waals surface area contributed by atoms with Crippen LogP contribution in [-0.4, -0.2) is 7.11 Å². The fourth-order valence-corrected chi connectivity index (χ4v) is 2.94. The van der Waals surface area contributed by atoms with Gasteiger partial charge in [-0.15, -0.1) is 0 Å². The van der Waals surface area contributed by atoms with Gasteiger partial charge in [0.1, 0.15) is 18.1 Å². The third-order valence-corrected chi connectivity index (χ3v) is 3.91. The molecule has 0 fully saturated rings. The first-order chi connectivity index (χ1) is 10.0. The summed E-state index contributed by atoms with van der Waals surface area (Å²) in [6, 6.07) is 9.10. The third-order valence-electron chi connectivity index (χ3n) is 2.92. The smallest absolute Gasteiger partial charge is 0.142 e. The van der Waals surface area contributed by atoms with Crippen LogP contribution >= 0.6 is 39.1 Å². The van der Waals surface area contributed by atoms with Gasteiger partial charge in [-0.1, -0.05) is 39.1 Å². The second-order valence-electron chi connectivity index (χ2n) is 4.32. The Morgan fingerprint density at radius 3 is 2.57 bits per heavy atom. The number of halogens is 3. The molecule has 0 amide bonds. The maximum Gasteiger partial charge on any atom is 0.142 e. The number of rotatable bonds is 5. The first kappa shape index (κ1) is 16.4. The van der Waals surface area contributed by atoms with Crippen molar-refractivity contribution < 1.29 is 9.47 Å². The van der Waals surface area contributed by atoms with E-state index in [1.807, 2.05) is 18.2 Å². The number of methoxy groups -OCH3 is 1. The van der Waals surface area contributed by atoms with Gasteiger partial charge >= 0.3 is 0 Å². The van der Waals surface area contributed by atoms with Crippen molar-refractivity contribution in [3.05, 3.63) is 56.0 Å². The highest BCUT2D eigenvalue weighted by atomic mass is 79.9. The van der Waals surface area contributed by atoms with E-state index in [0.717, 1.165) is 21.3 Å². The molecule has 6 heteroatoms. The van der Waals surface area contributed by atoms with Crippen LogP contribution in [0.4, 0.5) is 0 Å². The standard InChI is InChI=1S/C15H14BrCl2NO2/c1-20-14-3-2-11(16)4-10(14)8-21-15-9(7-19)5-12(17)6-13(15)18/h2-6H,7-8,19H2,1H3. The van der Waals surface area contributed by atoms with Crippen molar-refractivity contribution in [1.29, 1.82) is 0 Å². The molecule has 3 nitrogen and oxygen atoms in total. The van der Waals surface area contributed by atoms with E-state index < -0.39 is 0 Å². The molecule has 0 heterocycles. The van der Waals surface area contributed by atoms with Gasteiger partial charge in [0.25, 0.3) is 0 Å². The summed E-state index contributed by atoms with van der Waals surface area (Å²) in [4.78, 5) is 0. The summed E-state index contributed by atoms with van der Waals surface area (Å²) < 4.78 is 12.1. The lowest BCUT2D eigenvalue weighted by Crippen LogP contribution is -2.04. The number of ether oxygens (including phenoxy) is 2. The van der Waals surface area contributed by atoms with Crippen LogP contribution in [0.15, 0.2) is 34.8 Å². The van der Waals surface area contributed by atoms with Crippen molar-refractivity contribution in [2.75, 3.05) is 7.11 Å². The van der Waals surface area contributed by atoms with Crippen LogP contribution in [0.25, 0.3) is 0 Å². The highest BCUT2D eigenvalue weighted by molar-refractivity contribution is 9.10. The van der Waals surface area contributed by atoms with Gasteiger partial charge < -0.3 is 15.2 Å². The molecule has 0 unspecified atom stereocenters. The number of hydrogen-bond acceptors (Lipinski definition) is 3. The molecule has 0 radical (unpaired) electrons. The van der Waals surface area contributed by atoms with Crippen LogP contribution < -0.4 is 15.2 Å². The van der Waals surface area contributed by atoms with Gasteiger partial charge in [0, 0.05) is 27.2 Å². The summed E-state index contributed by atoms with van der Waals surface area (Å²) in [5.74, 6) is 1.29. The van der Waals surface area contributed by atoms with Gasteiger partial charge in [-0.3, -0.25) is 0 Å². The molecule has 0 spiro atoms. The van der Waals surface area contributed by atoms with Crippen molar-refractivity contribution in [2.45, 2.75) is 13.2 Å². The van der Waals surface area contributed by atoms with Gasteiger partial charge in [-0.25, -0.2) is 0 Å². The maximum atomic E-state index is 6.18. The summed E-state index contributed by atoms with van der Waals surface area (Å²) in [6.45, 7) is 0.613. The lowest BCUT2D eigenvalue weighted by atomic mass is 10.2. The van der Waals surface area contributed by atoms with E-state index in [1.54, 1.807) is 19.2 Å². The zero-order chi connectivity index (χ0) is 15.4. The Hall–Kier alpha value is -0.940. The molecule has 0 aromatic heterocycles. The van der Waals surface area contributed by atoms with Gasteiger partial charge in [0.15, 0.2) is 0 Å². The average Bonchev–Trinajstić information content (AvgIpc) is 2.45. The first-order valence-corrected chi connectivity index (χ1v) is 7.73. The predicted octanol–water partition coefficient (Wildman–Crippen LogP) is 4.80. The van der Waals surface area contributed by atoms with Crippen LogP contribution in [0.5, 0.6) is 11.5 Å². The summed E-state index contributed by atoms with van der Waals surface area (Å²) in [5.41, 5.74) is 7.38. The quantitative estimate of drug-likeness (QED) is 0.797. The minimum Gasteiger partial charge on any atom is -0.496 e. The molecule has 0 aliphatic heterocycles. The predicted molar refractivity (Wildman–Crippen MR) is 89.4 cm³/mol. The highest BCUT2D eigenvalue weighted by Gasteiger charge is 2.12. The number of nitrogens with two attached hydrogens (primary N) is 1. The van der Waals surface area contributed by atoms with Crippen LogP contribution in [0, 0.1) is 0 Å². The Labute approximate surface area is 142 Å². The summed E-state index contributed by atoms with van der Waals surface area (Å²) >= 11 is 15.6. The fourth-order valence-electron chi connectivity index (χ4n) is 1.94. The van der Waals surface area contributed by atoms with Gasteiger partial charge in [0.2, 0.25) is 0 Å². The van der Waals surface area contributed by atoms with Crippen molar-refractivity contribution >= 4 is 39.1 Å². The van der Waals surface area contributed by atoms with E-state index in [9.17, 15) is 0 Å². The third kappa shape index (κ3) is 4.04. The SMILES string of the molecule is COc1ccc(Br)cc1COc1c(Cl)cc(Cl)cc1CN. The summed E-state index contributed by atoms with van der Waals surface area (Å²) in [5, 5.41) is 0.977. The molecule has 2 aromatic carbocycles. The largest absolute Gasteiger partial charge is 0.496 e. The molecular weight excluding hydrogens is 377 g/mol. The van der Waals surface area contributed by atoms with Gasteiger partial charge in [-0.2, -0.15) is 0 Å². The molecule has 0 aliphatic carbocycles. The fraction of sp³-hybridized carbons (Fsp3) is 0.200. The van der Waals surface area contributed by atoms with E-state index >= 15 is 0 Å². The first-order valence-electron chi connectivity index (χ1n) is 6.18. The minimum atomic E-state index is 0.297. The van der Waals surface area contributed by atoms with Crippen molar-refractivity contribution in [1.82, 2.24) is 0 Å². The Kier molecular flexibility index (Phi) is 5.76. The van der Waals surface area contributed by atoms with Crippen LogP contribution in [0.3, 0.4) is 0 Å². The Morgan fingerprint density at radius 1 is 1.14 bits per heavy atom. The molecule has 2 rings (SSSR count). The Morgan fingerprint density at radius 2 is 1.90 bits per heavy atom. The number of benzene rings is 2. The monoisotopic (exact) mass is 389 g/mol. The van der Waals surface area contributed by atoms with Crippen molar-refractivity contribution in [2.24, 2.45) is 5.73 Å². The molecule has 0 bridgehead atoms. The lowest BCUT2D eigenvalue weighted by molar-refractivity contribution is 0.294. The zero-order valence-electron chi connectivity index (χ0n) is 11.3. The van der Waals surface area contributed by atoms with E-state index in [1.165, 1.54) is 0 Å². The van der Waals surface area contributed by atoms with Crippen LogP contribution in [0.1, 0.15) is 11.1 Å². The van der Waals surface area contributed by atoms with E-state index in [4.69, 9.17) is 38.4 Å². The molecule has 0 saturated heterocycles. The molecule has 112 valence electrons. The maximum absolute atomic E-state index is 6.18. The van der Waals surface area contributed by atoms with Gasteiger partial charge in [-0.05, 0) is 30.3 Å². The zero-order valence-corrected chi connectivity index (χ0v) is 14.4. The van der Waals surface area contributed by atoms with E-state index in [0.29, 0.717) is 28.9 Å². The molecule has 0 atom stereocenters. The second kappa shape index (κ2) is 7.36. The molecule has 2 aromatic rings.